The van der Waals surface area contributed by atoms with Crippen molar-refractivity contribution in [3.05, 3.63) is 58.9 Å². The molecule has 4 aromatic rings. The van der Waals surface area contributed by atoms with Crippen LogP contribution >= 0.6 is 11.6 Å². The molecule has 0 radical (unpaired) electrons. The van der Waals surface area contributed by atoms with Crippen LogP contribution in [-0.2, 0) is 13.0 Å². The van der Waals surface area contributed by atoms with Crippen LogP contribution in [0.15, 0.2) is 47.0 Å². The largest absolute Gasteiger partial charge is 0.339 e. The van der Waals surface area contributed by atoms with Crippen molar-refractivity contribution in [2.24, 2.45) is 0 Å². The normalized spacial score (nSPS) is 11.3. The van der Waals surface area contributed by atoms with Crippen molar-refractivity contribution in [3.63, 3.8) is 0 Å². The van der Waals surface area contributed by atoms with E-state index in [1.165, 1.54) is 0 Å². The van der Waals surface area contributed by atoms with Crippen LogP contribution in [0.25, 0.3) is 22.4 Å². The van der Waals surface area contributed by atoms with Crippen LogP contribution in [0.1, 0.15) is 24.8 Å². The predicted octanol–water partition coefficient (Wildman–Crippen LogP) is 4.14. The number of aromatic nitrogens is 5. The molecular formula is C18H16ClN5O. The quantitative estimate of drug-likeness (QED) is 0.539. The summed E-state index contributed by atoms with van der Waals surface area (Å²) in [4.78, 5) is 4.48. The Bertz CT molecular complexity index is 1010. The van der Waals surface area contributed by atoms with E-state index < -0.39 is 0 Å². The molecule has 0 bridgehead atoms. The number of hydrogen-bond acceptors (Lipinski definition) is 5. The van der Waals surface area contributed by atoms with Gasteiger partial charge in [0, 0.05) is 17.1 Å². The van der Waals surface area contributed by atoms with Gasteiger partial charge in [-0.3, -0.25) is 0 Å². The second-order valence-corrected chi connectivity index (χ2v) is 6.27. The SMILES string of the molecule is CCCn1nnc2cc(-c3noc(Cc4ccc(Cl)cc4)n3)ccc21. The van der Waals surface area contributed by atoms with Gasteiger partial charge >= 0.3 is 0 Å². The molecule has 2 aromatic heterocycles. The fraction of sp³-hybridized carbons (Fsp3) is 0.222. The van der Waals surface area contributed by atoms with Crippen molar-refractivity contribution in [2.45, 2.75) is 26.3 Å². The third-order valence-corrected chi connectivity index (χ3v) is 4.20. The molecule has 2 heterocycles. The fourth-order valence-corrected chi connectivity index (χ4v) is 2.83. The summed E-state index contributed by atoms with van der Waals surface area (Å²) in [6.45, 7) is 2.96. The van der Waals surface area contributed by atoms with Crippen LogP contribution in [0.2, 0.25) is 5.02 Å². The van der Waals surface area contributed by atoms with Gasteiger partial charge in [-0.2, -0.15) is 4.98 Å². The van der Waals surface area contributed by atoms with E-state index in [-0.39, 0.29) is 0 Å². The maximum atomic E-state index is 5.90. The molecule has 6 nitrogen and oxygen atoms in total. The minimum Gasteiger partial charge on any atom is -0.339 e. The number of fused-ring (bicyclic) bond motifs is 1. The summed E-state index contributed by atoms with van der Waals surface area (Å²) in [5, 5.41) is 13.2. The first kappa shape index (κ1) is 15.8. The van der Waals surface area contributed by atoms with Crippen LogP contribution in [0, 0.1) is 0 Å². The van der Waals surface area contributed by atoms with Gasteiger partial charge in [-0.1, -0.05) is 41.0 Å². The standard InChI is InChI=1S/C18H16ClN5O/c1-2-9-24-16-8-5-13(11-15(16)21-23-24)18-20-17(25-22-18)10-12-3-6-14(19)7-4-12/h3-8,11H,2,9-10H2,1H3. The lowest BCUT2D eigenvalue weighted by Gasteiger charge is -1.99. The first-order valence-corrected chi connectivity index (χ1v) is 8.51. The molecule has 126 valence electrons. The summed E-state index contributed by atoms with van der Waals surface area (Å²) in [5.41, 5.74) is 3.77. The van der Waals surface area contributed by atoms with Crippen LogP contribution in [0.5, 0.6) is 0 Å². The Kier molecular flexibility index (Phi) is 4.19. The fourth-order valence-electron chi connectivity index (χ4n) is 2.71. The molecule has 7 heteroatoms. The van der Waals surface area contributed by atoms with E-state index in [0.29, 0.717) is 23.2 Å². The Hall–Kier alpha value is -2.73. The topological polar surface area (TPSA) is 69.6 Å². The molecule has 0 aliphatic rings. The number of aryl methyl sites for hydroxylation is 1. The minimum absolute atomic E-state index is 0.552. The molecule has 0 atom stereocenters. The highest BCUT2D eigenvalue weighted by Crippen LogP contribution is 2.22. The lowest BCUT2D eigenvalue weighted by atomic mass is 10.1. The molecule has 0 aliphatic carbocycles. The average Bonchev–Trinajstić information content (AvgIpc) is 3.24. The zero-order valence-corrected chi connectivity index (χ0v) is 14.4. The lowest BCUT2D eigenvalue weighted by Crippen LogP contribution is -1.98. The summed E-state index contributed by atoms with van der Waals surface area (Å²) in [6, 6.07) is 13.5. The lowest BCUT2D eigenvalue weighted by molar-refractivity contribution is 0.385. The number of benzene rings is 2. The molecule has 4 rings (SSSR count). The first-order chi connectivity index (χ1) is 12.2. The highest BCUT2D eigenvalue weighted by Gasteiger charge is 2.12. The van der Waals surface area contributed by atoms with Crippen molar-refractivity contribution in [3.8, 4) is 11.4 Å². The second-order valence-electron chi connectivity index (χ2n) is 5.83. The second kappa shape index (κ2) is 6.64. The van der Waals surface area contributed by atoms with E-state index in [4.69, 9.17) is 16.1 Å². The number of rotatable bonds is 5. The van der Waals surface area contributed by atoms with Crippen LogP contribution in [0.3, 0.4) is 0 Å². The smallest absolute Gasteiger partial charge is 0.231 e. The molecule has 0 fully saturated rings. The van der Waals surface area contributed by atoms with Gasteiger partial charge in [-0.15, -0.1) is 5.10 Å². The van der Waals surface area contributed by atoms with Crippen molar-refractivity contribution in [1.29, 1.82) is 0 Å². The van der Waals surface area contributed by atoms with Crippen molar-refractivity contribution < 1.29 is 4.52 Å². The van der Waals surface area contributed by atoms with E-state index in [0.717, 1.165) is 35.1 Å². The van der Waals surface area contributed by atoms with E-state index >= 15 is 0 Å². The minimum atomic E-state index is 0.552. The summed E-state index contributed by atoms with van der Waals surface area (Å²) in [6.07, 6.45) is 1.58. The Morgan fingerprint density at radius 1 is 1.12 bits per heavy atom. The monoisotopic (exact) mass is 353 g/mol. The number of hydrogen-bond donors (Lipinski definition) is 0. The third-order valence-electron chi connectivity index (χ3n) is 3.94. The predicted molar refractivity (Wildman–Crippen MR) is 95.4 cm³/mol. The molecule has 0 aliphatic heterocycles. The van der Waals surface area contributed by atoms with Gasteiger partial charge in [0.2, 0.25) is 11.7 Å². The molecule has 2 aromatic carbocycles. The molecule has 0 saturated heterocycles. The van der Waals surface area contributed by atoms with Crippen LogP contribution < -0.4 is 0 Å². The van der Waals surface area contributed by atoms with Crippen molar-refractivity contribution in [1.82, 2.24) is 25.1 Å². The summed E-state index contributed by atoms with van der Waals surface area (Å²) in [5.74, 6) is 1.11. The Morgan fingerprint density at radius 2 is 1.96 bits per heavy atom. The number of nitrogens with zero attached hydrogens (tertiary/aromatic N) is 5. The van der Waals surface area contributed by atoms with Gasteiger partial charge in [0.15, 0.2) is 0 Å². The molecule has 0 spiro atoms. The van der Waals surface area contributed by atoms with Crippen molar-refractivity contribution >= 4 is 22.6 Å². The van der Waals surface area contributed by atoms with Gasteiger partial charge in [0.1, 0.15) is 5.52 Å². The molecule has 0 N–H and O–H groups in total. The molecule has 0 saturated carbocycles. The zero-order valence-electron chi connectivity index (χ0n) is 13.7. The van der Waals surface area contributed by atoms with Gasteiger partial charge in [0.05, 0.1) is 11.9 Å². The Balaban J connectivity index is 1.59. The third kappa shape index (κ3) is 3.25. The van der Waals surface area contributed by atoms with E-state index in [9.17, 15) is 0 Å². The van der Waals surface area contributed by atoms with E-state index in [1.54, 1.807) is 0 Å². The highest BCUT2D eigenvalue weighted by atomic mass is 35.5. The van der Waals surface area contributed by atoms with Gasteiger partial charge < -0.3 is 4.52 Å². The molecule has 0 amide bonds. The highest BCUT2D eigenvalue weighted by molar-refractivity contribution is 6.30. The average molecular weight is 354 g/mol. The maximum absolute atomic E-state index is 5.90. The first-order valence-electron chi connectivity index (χ1n) is 8.13. The summed E-state index contributed by atoms with van der Waals surface area (Å²) < 4.78 is 7.28. The summed E-state index contributed by atoms with van der Waals surface area (Å²) >= 11 is 5.90. The Labute approximate surface area is 149 Å². The molecular weight excluding hydrogens is 338 g/mol. The van der Waals surface area contributed by atoms with Crippen LogP contribution in [-0.4, -0.2) is 25.1 Å². The summed E-state index contributed by atoms with van der Waals surface area (Å²) in [7, 11) is 0. The van der Waals surface area contributed by atoms with Gasteiger partial charge in [0.25, 0.3) is 0 Å². The van der Waals surface area contributed by atoms with Gasteiger partial charge in [-0.25, -0.2) is 4.68 Å². The van der Waals surface area contributed by atoms with E-state index in [2.05, 4.69) is 27.4 Å². The zero-order chi connectivity index (χ0) is 17.2. The van der Waals surface area contributed by atoms with E-state index in [1.807, 2.05) is 47.1 Å². The van der Waals surface area contributed by atoms with Crippen molar-refractivity contribution in [2.75, 3.05) is 0 Å². The molecule has 25 heavy (non-hydrogen) atoms. The molecule has 0 unspecified atom stereocenters. The maximum Gasteiger partial charge on any atom is 0.231 e. The van der Waals surface area contributed by atoms with Gasteiger partial charge in [-0.05, 0) is 42.3 Å². The Morgan fingerprint density at radius 3 is 2.76 bits per heavy atom. The number of halogens is 1. The van der Waals surface area contributed by atoms with Crippen LogP contribution in [0.4, 0.5) is 0 Å².